The first-order valence-electron chi connectivity index (χ1n) is 8.02. The summed E-state index contributed by atoms with van der Waals surface area (Å²) in [4.78, 5) is 28.0. The molecule has 138 valence electrons. The highest BCUT2D eigenvalue weighted by molar-refractivity contribution is 6.07. The van der Waals surface area contributed by atoms with Gasteiger partial charge >= 0.3 is 0 Å². The minimum absolute atomic E-state index is 0.0433. The summed E-state index contributed by atoms with van der Waals surface area (Å²) in [5, 5.41) is 18.0. The van der Waals surface area contributed by atoms with Gasteiger partial charge < -0.3 is 10.4 Å². The van der Waals surface area contributed by atoms with Crippen LogP contribution < -0.4 is 16.1 Å². The Labute approximate surface area is 153 Å². The zero-order valence-electron chi connectivity index (χ0n) is 14.0. The Morgan fingerprint density at radius 2 is 2.00 bits per heavy atom. The van der Waals surface area contributed by atoms with Crippen LogP contribution in [0.4, 0.5) is 10.1 Å². The van der Waals surface area contributed by atoms with Gasteiger partial charge in [-0.2, -0.15) is 5.10 Å². The van der Waals surface area contributed by atoms with Crippen molar-refractivity contribution in [1.82, 2.24) is 10.7 Å². The van der Waals surface area contributed by atoms with E-state index >= 15 is 0 Å². The molecule has 0 saturated carbocycles. The van der Waals surface area contributed by atoms with Gasteiger partial charge in [-0.25, -0.2) is 14.8 Å². The number of carbonyl (C=O) groups excluding carboxylic acids is 2. The second-order valence-corrected chi connectivity index (χ2v) is 5.68. The van der Waals surface area contributed by atoms with Crippen LogP contribution in [0.3, 0.4) is 0 Å². The van der Waals surface area contributed by atoms with Crippen molar-refractivity contribution in [3.63, 3.8) is 0 Å². The van der Waals surface area contributed by atoms with Gasteiger partial charge in [0.25, 0.3) is 5.91 Å². The monoisotopic (exact) mass is 369 g/mol. The average Bonchev–Trinajstić information content (AvgIpc) is 2.98. The van der Waals surface area contributed by atoms with Gasteiger partial charge in [0.1, 0.15) is 17.6 Å². The van der Waals surface area contributed by atoms with Gasteiger partial charge in [-0.1, -0.05) is 12.1 Å². The normalized spacial score (nSPS) is 16.1. The third kappa shape index (κ3) is 4.88. The van der Waals surface area contributed by atoms with E-state index in [1.54, 1.807) is 18.2 Å². The largest absolute Gasteiger partial charge is 0.508 e. The van der Waals surface area contributed by atoms with Crippen LogP contribution in [0.5, 0.6) is 5.75 Å². The van der Waals surface area contributed by atoms with Gasteiger partial charge in [-0.05, 0) is 42.0 Å². The Balaban J connectivity index is 1.55. The van der Waals surface area contributed by atoms with Crippen LogP contribution >= 0.6 is 0 Å². The van der Waals surface area contributed by atoms with Crippen molar-refractivity contribution in [2.75, 3.05) is 5.32 Å². The molecule has 0 saturated heterocycles. The van der Waals surface area contributed by atoms with E-state index in [4.69, 9.17) is 0 Å². The van der Waals surface area contributed by atoms with Crippen molar-refractivity contribution in [1.29, 1.82) is 0 Å². The van der Waals surface area contributed by atoms with Gasteiger partial charge in [0, 0.05) is 0 Å². The molecule has 27 heavy (non-hydrogen) atoms. The molecule has 0 radical (unpaired) electrons. The molecule has 4 N–H and O–H groups in total. The second-order valence-electron chi connectivity index (χ2n) is 5.68. The fourth-order valence-corrected chi connectivity index (χ4v) is 2.31. The highest BCUT2D eigenvalue weighted by Crippen LogP contribution is 2.14. The number of hydrazone groups is 1. The quantitative estimate of drug-likeness (QED) is 0.470. The van der Waals surface area contributed by atoms with E-state index in [9.17, 15) is 19.1 Å². The summed E-state index contributed by atoms with van der Waals surface area (Å²) in [5.41, 5.74) is 3.34. The number of anilines is 1. The molecule has 2 aromatic carbocycles. The van der Waals surface area contributed by atoms with Crippen molar-refractivity contribution >= 4 is 29.7 Å². The molecule has 1 aliphatic rings. The zero-order valence-corrected chi connectivity index (χ0v) is 14.0. The maximum absolute atomic E-state index is 13.5. The van der Waals surface area contributed by atoms with Crippen molar-refractivity contribution in [2.45, 2.75) is 12.5 Å². The van der Waals surface area contributed by atoms with Crippen LogP contribution in [0.2, 0.25) is 0 Å². The number of rotatable bonds is 5. The van der Waals surface area contributed by atoms with E-state index in [1.165, 1.54) is 36.5 Å². The molecule has 0 aromatic heterocycles. The number of hydrogen-bond acceptors (Lipinski definition) is 6. The molecule has 1 aliphatic heterocycles. The molecular formula is C18H16FN5O3. The van der Waals surface area contributed by atoms with Crippen LogP contribution in [0.1, 0.15) is 12.0 Å². The zero-order chi connectivity index (χ0) is 19.2. The number of halogens is 1. The molecule has 0 fully saturated rings. The van der Waals surface area contributed by atoms with Crippen LogP contribution in [0.25, 0.3) is 0 Å². The van der Waals surface area contributed by atoms with Crippen LogP contribution in [0, 0.1) is 5.82 Å². The van der Waals surface area contributed by atoms with Crippen molar-refractivity contribution in [3.05, 3.63) is 59.9 Å². The lowest BCUT2D eigenvalue weighted by molar-refractivity contribution is -0.123. The number of benzene rings is 2. The Kier molecular flexibility index (Phi) is 5.41. The SMILES string of the molecule is O=C(CC1N=C(NN=Cc2ccc(O)cc2)NC1=O)Nc1ccccc1F. The summed E-state index contributed by atoms with van der Waals surface area (Å²) in [6.45, 7) is 0. The van der Waals surface area contributed by atoms with Gasteiger partial charge in [0.2, 0.25) is 11.9 Å². The lowest BCUT2D eigenvalue weighted by Gasteiger charge is -2.07. The van der Waals surface area contributed by atoms with Crippen LogP contribution in [-0.4, -0.2) is 35.1 Å². The summed E-state index contributed by atoms with van der Waals surface area (Å²) < 4.78 is 13.5. The lowest BCUT2D eigenvalue weighted by atomic mass is 10.2. The topological polar surface area (TPSA) is 115 Å². The second kappa shape index (κ2) is 8.09. The first-order valence-corrected chi connectivity index (χ1v) is 8.02. The molecule has 0 aliphatic carbocycles. The molecule has 9 heteroatoms. The predicted molar refractivity (Wildman–Crippen MR) is 97.8 cm³/mol. The molecule has 2 aromatic rings. The van der Waals surface area contributed by atoms with E-state index < -0.39 is 23.7 Å². The number of aromatic hydroxyl groups is 1. The molecule has 3 rings (SSSR count). The first-order chi connectivity index (χ1) is 13.0. The summed E-state index contributed by atoms with van der Waals surface area (Å²) in [6.07, 6.45) is 1.25. The van der Waals surface area contributed by atoms with Gasteiger partial charge in [0.05, 0.1) is 18.3 Å². The predicted octanol–water partition coefficient (Wildman–Crippen LogP) is 1.34. The molecule has 1 heterocycles. The first kappa shape index (κ1) is 18.1. The number of amides is 2. The summed E-state index contributed by atoms with van der Waals surface area (Å²) in [7, 11) is 0. The molecule has 0 bridgehead atoms. The summed E-state index contributed by atoms with van der Waals surface area (Å²) in [6, 6.07) is 11.2. The van der Waals surface area contributed by atoms with E-state index in [-0.39, 0.29) is 23.8 Å². The molecular weight excluding hydrogens is 353 g/mol. The van der Waals surface area contributed by atoms with E-state index in [0.717, 1.165) is 5.56 Å². The fraction of sp³-hybridized carbons (Fsp3) is 0.111. The maximum atomic E-state index is 13.5. The van der Waals surface area contributed by atoms with E-state index in [2.05, 4.69) is 26.2 Å². The standard InChI is InChI=1S/C18H16FN5O3/c19-13-3-1-2-4-14(13)21-16(26)9-15-17(27)23-18(22-15)24-20-10-11-5-7-12(25)8-6-11/h1-8,10,15,25H,9H2,(H,21,26)(H2,22,23,24,27). The number of phenolic OH excluding ortho intramolecular Hbond substituents is 1. The van der Waals surface area contributed by atoms with Gasteiger partial charge in [0.15, 0.2) is 0 Å². The van der Waals surface area contributed by atoms with Crippen molar-refractivity contribution in [3.8, 4) is 5.75 Å². The maximum Gasteiger partial charge on any atom is 0.252 e. The third-order valence-corrected chi connectivity index (χ3v) is 3.63. The van der Waals surface area contributed by atoms with E-state index in [0.29, 0.717) is 0 Å². The van der Waals surface area contributed by atoms with Gasteiger partial charge in [-0.15, -0.1) is 0 Å². The summed E-state index contributed by atoms with van der Waals surface area (Å²) >= 11 is 0. The number of hydrogen-bond donors (Lipinski definition) is 4. The fourth-order valence-electron chi connectivity index (χ4n) is 2.31. The Hall–Kier alpha value is -3.75. The summed E-state index contributed by atoms with van der Waals surface area (Å²) in [5.74, 6) is -1.29. The third-order valence-electron chi connectivity index (χ3n) is 3.63. The van der Waals surface area contributed by atoms with Crippen molar-refractivity contribution in [2.24, 2.45) is 10.1 Å². The highest BCUT2D eigenvalue weighted by Gasteiger charge is 2.28. The smallest absolute Gasteiger partial charge is 0.252 e. The number of guanidine groups is 1. The van der Waals surface area contributed by atoms with Crippen molar-refractivity contribution < 1.29 is 19.1 Å². The number of nitrogens with one attached hydrogen (secondary N) is 3. The minimum atomic E-state index is -0.928. The molecule has 1 atom stereocenters. The Bertz CT molecular complexity index is 911. The Morgan fingerprint density at radius 1 is 1.26 bits per heavy atom. The molecule has 2 amide bonds. The Morgan fingerprint density at radius 3 is 2.74 bits per heavy atom. The number of para-hydroxylation sites is 1. The van der Waals surface area contributed by atoms with E-state index in [1.807, 2.05) is 0 Å². The molecule has 1 unspecified atom stereocenters. The number of phenols is 1. The van der Waals surface area contributed by atoms with Crippen LogP contribution in [0.15, 0.2) is 58.6 Å². The van der Waals surface area contributed by atoms with Crippen LogP contribution in [-0.2, 0) is 9.59 Å². The van der Waals surface area contributed by atoms with Gasteiger partial charge in [-0.3, -0.25) is 14.9 Å². The highest BCUT2D eigenvalue weighted by atomic mass is 19.1. The lowest BCUT2D eigenvalue weighted by Crippen LogP contribution is -2.35. The number of carbonyl (C=O) groups is 2. The average molecular weight is 369 g/mol. The number of aliphatic imine (C=N–C) groups is 1. The molecule has 0 spiro atoms. The molecule has 8 nitrogen and oxygen atoms in total. The minimum Gasteiger partial charge on any atom is -0.508 e. The number of nitrogens with zero attached hydrogens (tertiary/aromatic N) is 2.